The van der Waals surface area contributed by atoms with Gasteiger partial charge in [0.2, 0.25) is 0 Å². The molecule has 2 rings (SSSR count). The molecule has 0 fully saturated rings. The summed E-state index contributed by atoms with van der Waals surface area (Å²) in [5.41, 5.74) is 3.33. The number of hydrogen-bond donors (Lipinski definition) is 1. The summed E-state index contributed by atoms with van der Waals surface area (Å²) in [4.78, 5) is 17.0. The van der Waals surface area contributed by atoms with E-state index < -0.39 is 11.9 Å². The van der Waals surface area contributed by atoms with E-state index in [1.807, 2.05) is 41.3 Å². The van der Waals surface area contributed by atoms with Crippen LogP contribution in [-0.4, -0.2) is 29.1 Å². The predicted molar refractivity (Wildman–Crippen MR) is 91.3 cm³/mol. The van der Waals surface area contributed by atoms with Gasteiger partial charge in [0, 0.05) is 24.6 Å². The molecule has 1 heterocycles. The van der Waals surface area contributed by atoms with Crippen LogP contribution in [0, 0.1) is 18.3 Å². The van der Waals surface area contributed by atoms with Crippen molar-refractivity contribution >= 4 is 11.7 Å². The first-order chi connectivity index (χ1) is 11.1. The summed E-state index contributed by atoms with van der Waals surface area (Å²) < 4.78 is 0. The molecule has 1 unspecified atom stereocenters. The molecule has 118 valence electrons. The van der Waals surface area contributed by atoms with Crippen molar-refractivity contribution in [1.29, 1.82) is 0 Å². The molecule has 4 heteroatoms. The van der Waals surface area contributed by atoms with Crippen molar-refractivity contribution in [3.63, 3.8) is 0 Å². The lowest BCUT2D eigenvalue weighted by molar-refractivity contribution is -0.140. The highest BCUT2D eigenvalue weighted by molar-refractivity contribution is 5.70. The third kappa shape index (κ3) is 4.86. The lowest BCUT2D eigenvalue weighted by Gasteiger charge is -2.24. The molecule has 0 aliphatic heterocycles. The highest BCUT2D eigenvalue weighted by atomic mass is 16.4. The first-order valence-electron chi connectivity index (χ1n) is 7.49. The largest absolute Gasteiger partial charge is 0.481 e. The summed E-state index contributed by atoms with van der Waals surface area (Å²) in [5.74, 6) is 1.30. The molecule has 0 spiro atoms. The standard InChI is InChI=1S/C19H20N2O2/c1-3-12-21(14-15(2)19(22)23)18-6-4-16(5-7-18)13-17-8-10-20-11-9-17/h1,4-11,15H,12-14H2,2H3,(H,22,23). The van der Waals surface area contributed by atoms with Gasteiger partial charge < -0.3 is 10.0 Å². The number of benzene rings is 1. The van der Waals surface area contributed by atoms with Crippen molar-refractivity contribution < 1.29 is 9.90 Å². The van der Waals surface area contributed by atoms with E-state index in [2.05, 4.69) is 10.9 Å². The third-order valence-corrected chi connectivity index (χ3v) is 3.66. The zero-order valence-electron chi connectivity index (χ0n) is 13.1. The van der Waals surface area contributed by atoms with Gasteiger partial charge in [-0.1, -0.05) is 25.0 Å². The highest BCUT2D eigenvalue weighted by Gasteiger charge is 2.16. The lowest BCUT2D eigenvalue weighted by atomic mass is 10.1. The second-order valence-corrected chi connectivity index (χ2v) is 5.52. The zero-order chi connectivity index (χ0) is 16.7. The van der Waals surface area contributed by atoms with E-state index in [-0.39, 0.29) is 0 Å². The average molecular weight is 308 g/mol. The van der Waals surface area contributed by atoms with E-state index in [1.54, 1.807) is 19.3 Å². The Morgan fingerprint density at radius 3 is 2.39 bits per heavy atom. The minimum atomic E-state index is -0.818. The van der Waals surface area contributed by atoms with Crippen molar-refractivity contribution in [2.24, 2.45) is 5.92 Å². The van der Waals surface area contributed by atoms with Crippen LogP contribution < -0.4 is 4.90 Å². The van der Waals surface area contributed by atoms with Crippen LogP contribution in [0.3, 0.4) is 0 Å². The number of aliphatic carboxylic acids is 1. The fraction of sp³-hybridized carbons (Fsp3) is 0.263. The van der Waals surface area contributed by atoms with Crippen LogP contribution in [-0.2, 0) is 11.2 Å². The van der Waals surface area contributed by atoms with E-state index in [0.717, 1.165) is 12.1 Å². The number of anilines is 1. The number of carboxylic acids is 1. The van der Waals surface area contributed by atoms with Crippen molar-refractivity contribution in [3.05, 3.63) is 59.9 Å². The Morgan fingerprint density at radius 2 is 1.83 bits per heavy atom. The Hall–Kier alpha value is -2.80. The van der Waals surface area contributed by atoms with Crippen LogP contribution in [0.1, 0.15) is 18.1 Å². The zero-order valence-corrected chi connectivity index (χ0v) is 13.1. The number of nitrogens with zero attached hydrogens (tertiary/aromatic N) is 2. The Balaban J connectivity index is 2.09. The first-order valence-corrected chi connectivity index (χ1v) is 7.49. The molecule has 0 saturated carbocycles. The van der Waals surface area contributed by atoms with Crippen molar-refractivity contribution in [3.8, 4) is 12.3 Å². The number of hydrogen-bond acceptors (Lipinski definition) is 3. The Bertz CT molecular complexity index is 675. The number of carboxylic acid groups (broad SMARTS) is 1. The fourth-order valence-electron chi connectivity index (χ4n) is 2.34. The number of pyridine rings is 1. The normalized spacial score (nSPS) is 11.5. The van der Waals surface area contributed by atoms with Crippen LogP contribution in [0.5, 0.6) is 0 Å². The fourth-order valence-corrected chi connectivity index (χ4v) is 2.34. The van der Waals surface area contributed by atoms with Crippen LogP contribution in [0.2, 0.25) is 0 Å². The van der Waals surface area contributed by atoms with E-state index in [0.29, 0.717) is 13.1 Å². The monoisotopic (exact) mass is 308 g/mol. The summed E-state index contributed by atoms with van der Waals surface area (Å²) in [6, 6.07) is 12.1. The van der Waals surface area contributed by atoms with Gasteiger partial charge in [-0.3, -0.25) is 9.78 Å². The van der Waals surface area contributed by atoms with Crippen LogP contribution in [0.4, 0.5) is 5.69 Å². The van der Waals surface area contributed by atoms with Crippen LogP contribution in [0.25, 0.3) is 0 Å². The number of aromatic nitrogens is 1. The quantitative estimate of drug-likeness (QED) is 0.799. The average Bonchev–Trinajstić information content (AvgIpc) is 2.56. The second kappa shape index (κ2) is 8.00. The smallest absolute Gasteiger partial charge is 0.308 e. The molecule has 0 radical (unpaired) electrons. The molecular formula is C19H20N2O2. The maximum atomic E-state index is 11.0. The van der Waals surface area contributed by atoms with Gasteiger partial charge in [0.15, 0.2) is 0 Å². The predicted octanol–water partition coefficient (Wildman–Crippen LogP) is 2.83. The third-order valence-electron chi connectivity index (χ3n) is 3.66. The van der Waals surface area contributed by atoms with Crippen molar-refractivity contribution in [1.82, 2.24) is 4.98 Å². The first kappa shape index (κ1) is 16.6. The van der Waals surface area contributed by atoms with Crippen molar-refractivity contribution in [2.45, 2.75) is 13.3 Å². The maximum Gasteiger partial charge on any atom is 0.308 e. The molecule has 1 aromatic carbocycles. The van der Waals surface area contributed by atoms with Gasteiger partial charge in [0.05, 0.1) is 12.5 Å². The molecule has 0 bridgehead atoms. The summed E-state index contributed by atoms with van der Waals surface area (Å²) in [7, 11) is 0. The van der Waals surface area contributed by atoms with Gasteiger partial charge in [0.1, 0.15) is 0 Å². The molecule has 0 aliphatic rings. The van der Waals surface area contributed by atoms with Gasteiger partial charge in [-0.15, -0.1) is 6.42 Å². The highest BCUT2D eigenvalue weighted by Crippen LogP contribution is 2.18. The molecular weight excluding hydrogens is 288 g/mol. The van der Waals surface area contributed by atoms with Gasteiger partial charge in [-0.2, -0.15) is 0 Å². The molecule has 1 atom stereocenters. The van der Waals surface area contributed by atoms with Crippen molar-refractivity contribution in [2.75, 3.05) is 18.0 Å². The SMILES string of the molecule is C#CCN(CC(C)C(=O)O)c1ccc(Cc2ccncc2)cc1. The number of rotatable bonds is 7. The van der Waals surface area contributed by atoms with Crippen LogP contribution in [0.15, 0.2) is 48.8 Å². The summed E-state index contributed by atoms with van der Waals surface area (Å²) in [5, 5.41) is 9.07. The molecule has 23 heavy (non-hydrogen) atoms. The summed E-state index contributed by atoms with van der Waals surface area (Å²) >= 11 is 0. The van der Waals surface area contributed by atoms with E-state index in [1.165, 1.54) is 11.1 Å². The second-order valence-electron chi connectivity index (χ2n) is 5.52. The molecule has 0 saturated heterocycles. The van der Waals surface area contributed by atoms with Gasteiger partial charge in [-0.25, -0.2) is 0 Å². The lowest BCUT2D eigenvalue weighted by Crippen LogP contribution is -2.32. The van der Waals surface area contributed by atoms with Gasteiger partial charge >= 0.3 is 5.97 Å². The Labute approximate surface area is 136 Å². The number of carbonyl (C=O) groups is 1. The summed E-state index contributed by atoms with van der Waals surface area (Å²) in [6.45, 7) is 2.47. The van der Waals surface area contributed by atoms with E-state index in [4.69, 9.17) is 11.5 Å². The topological polar surface area (TPSA) is 53.4 Å². The van der Waals surface area contributed by atoms with Gasteiger partial charge in [-0.05, 0) is 41.8 Å². The molecule has 0 amide bonds. The minimum absolute atomic E-state index is 0.390. The van der Waals surface area contributed by atoms with E-state index >= 15 is 0 Å². The molecule has 1 N–H and O–H groups in total. The Kier molecular flexibility index (Phi) is 5.76. The Morgan fingerprint density at radius 1 is 1.22 bits per heavy atom. The van der Waals surface area contributed by atoms with Gasteiger partial charge in [0.25, 0.3) is 0 Å². The molecule has 1 aromatic heterocycles. The minimum Gasteiger partial charge on any atom is -0.481 e. The molecule has 4 nitrogen and oxygen atoms in total. The van der Waals surface area contributed by atoms with E-state index in [9.17, 15) is 4.79 Å². The molecule has 0 aliphatic carbocycles. The van der Waals surface area contributed by atoms with Crippen LogP contribution >= 0.6 is 0 Å². The molecule has 2 aromatic rings. The summed E-state index contributed by atoms with van der Waals surface area (Å²) in [6.07, 6.45) is 9.81. The maximum absolute atomic E-state index is 11.0. The number of terminal acetylenes is 1.